The Balaban J connectivity index is 2.37. The van der Waals surface area contributed by atoms with Crippen LogP contribution in [0.25, 0.3) is 0 Å². The van der Waals surface area contributed by atoms with Gasteiger partial charge >= 0.3 is 6.18 Å². The highest BCUT2D eigenvalue weighted by atomic mass is 19.4. The van der Waals surface area contributed by atoms with Crippen LogP contribution in [-0.2, 0) is 6.42 Å². The van der Waals surface area contributed by atoms with Gasteiger partial charge < -0.3 is 9.84 Å². The van der Waals surface area contributed by atoms with E-state index in [2.05, 4.69) is 0 Å². The fourth-order valence-corrected chi connectivity index (χ4v) is 1.17. The second kappa shape index (κ2) is 5.75. The van der Waals surface area contributed by atoms with Crippen LogP contribution in [0.3, 0.4) is 0 Å². The van der Waals surface area contributed by atoms with Crippen LogP contribution in [0, 0.1) is 0 Å². The van der Waals surface area contributed by atoms with Gasteiger partial charge in [0.15, 0.2) is 0 Å². The van der Waals surface area contributed by atoms with Crippen LogP contribution in [0.1, 0.15) is 12.0 Å². The monoisotopic (exact) mass is 234 g/mol. The topological polar surface area (TPSA) is 29.5 Å². The maximum atomic E-state index is 11.8. The molecule has 2 nitrogen and oxygen atoms in total. The van der Waals surface area contributed by atoms with Gasteiger partial charge in [-0.25, -0.2) is 0 Å². The number of hydrogen-bond donors (Lipinski definition) is 1. The molecule has 1 aromatic carbocycles. The summed E-state index contributed by atoms with van der Waals surface area (Å²) in [4.78, 5) is 0. The van der Waals surface area contributed by atoms with Crippen molar-refractivity contribution in [2.45, 2.75) is 19.0 Å². The zero-order chi connectivity index (χ0) is 12.0. The quantitative estimate of drug-likeness (QED) is 0.848. The highest BCUT2D eigenvalue weighted by Gasteiger charge is 2.26. The molecule has 0 aliphatic heterocycles. The molecule has 0 aliphatic rings. The Morgan fingerprint density at radius 3 is 2.25 bits per heavy atom. The SMILES string of the molecule is OCCc1ccc(OCCC(F)(F)F)cc1. The van der Waals surface area contributed by atoms with E-state index in [0.717, 1.165) is 5.56 Å². The van der Waals surface area contributed by atoms with Crippen LogP contribution in [0.4, 0.5) is 13.2 Å². The van der Waals surface area contributed by atoms with Gasteiger partial charge in [-0.3, -0.25) is 0 Å². The van der Waals surface area contributed by atoms with Crippen LogP contribution in [0.15, 0.2) is 24.3 Å². The highest BCUT2D eigenvalue weighted by molar-refractivity contribution is 5.27. The lowest BCUT2D eigenvalue weighted by Gasteiger charge is -2.08. The minimum atomic E-state index is -4.18. The smallest absolute Gasteiger partial charge is 0.392 e. The van der Waals surface area contributed by atoms with Crippen molar-refractivity contribution in [3.8, 4) is 5.75 Å². The van der Waals surface area contributed by atoms with Crippen molar-refractivity contribution in [3.63, 3.8) is 0 Å². The molecule has 5 heteroatoms. The second-order valence-electron chi connectivity index (χ2n) is 3.33. The van der Waals surface area contributed by atoms with Crippen molar-refractivity contribution >= 4 is 0 Å². The largest absolute Gasteiger partial charge is 0.493 e. The van der Waals surface area contributed by atoms with Crippen LogP contribution in [0.5, 0.6) is 5.75 Å². The van der Waals surface area contributed by atoms with Crippen LogP contribution < -0.4 is 4.74 Å². The van der Waals surface area contributed by atoms with Gasteiger partial charge in [0.25, 0.3) is 0 Å². The highest BCUT2D eigenvalue weighted by Crippen LogP contribution is 2.20. The molecule has 0 fully saturated rings. The third kappa shape index (κ3) is 5.02. The molecule has 0 heterocycles. The molecule has 0 spiro atoms. The van der Waals surface area contributed by atoms with Gasteiger partial charge in [-0.05, 0) is 24.1 Å². The summed E-state index contributed by atoms with van der Waals surface area (Å²) in [5.74, 6) is 0.408. The molecule has 90 valence electrons. The number of halogens is 3. The summed E-state index contributed by atoms with van der Waals surface area (Å²) >= 11 is 0. The van der Waals surface area contributed by atoms with Crippen molar-refractivity contribution in [1.29, 1.82) is 0 Å². The summed E-state index contributed by atoms with van der Waals surface area (Å²) < 4.78 is 40.4. The number of aliphatic hydroxyl groups is 1. The minimum Gasteiger partial charge on any atom is -0.493 e. The summed E-state index contributed by atoms with van der Waals surface area (Å²) in [7, 11) is 0. The molecular formula is C11H13F3O2. The average molecular weight is 234 g/mol. The fraction of sp³-hybridized carbons (Fsp3) is 0.455. The van der Waals surface area contributed by atoms with E-state index in [9.17, 15) is 13.2 Å². The third-order valence-corrected chi connectivity index (χ3v) is 1.98. The van der Waals surface area contributed by atoms with Gasteiger partial charge in [0.2, 0.25) is 0 Å². The van der Waals surface area contributed by atoms with Crippen molar-refractivity contribution in [3.05, 3.63) is 29.8 Å². The predicted octanol–water partition coefficient (Wildman–Crippen LogP) is 2.55. The number of hydrogen-bond acceptors (Lipinski definition) is 2. The lowest BCUT2D eigenvalue weighted by Crippen LogP contribution is -2.12. The molecule has 1 aromatic rings. The Morgan fingerprint density at radius 1 is 1.12 bits per heavy atom. The van der Waals surface area contributed by atoms with E-state index in [-0.39, 0.29) is 13.2 Å². The van der Waals surface area contributed by atoms with E-state index in [1.807, 2.05) is 0 Å². The van der Waals surface area contributed by atoms with E-state index in [1.54, 1.807) is 24.3 Å². The molecule has 0 amide bonds. The average Bonchev–Trinajstić information content (AvgIpc) is 2.19. The predicted molar refractivity (Wildman–Crippen MR) is 53.4 cm³/mol. The first-order valence-electron chi connectivity index (χ1n) is 4.90. The maximum absolute atomic E-state index is 11.8. The molecule has 0 unspecified atom stereocenters. The zero-order valence-corrected chi connectivity index (χ0v) is 8.63. The molecule has 0 aliphatic carbocycles. The Bertz CT molecular complexity index is 306. The third-order valence-electron chi connectivity index (χ3n) is 1.98. The molecule has 0 radical (unpaired) electrons. The normalized spacial score (nSPS) is 11.5. The van der Waals surface area contributed by atoms with Crippen LogP contribution in [-0.4, -0.2) is 24.5 Å². The van der Waals surface area contributed by atoms with Gasteiger partial charge in [0.05, 0.1) is 13.0 Å². The molecule has 1 rings (SSSR count). The van der Waals surface area contributed by atoms with Crippen molar-refractivity contribution in [2.75, 3.05) is 13.2 Å². The standard InChI is InChI=1S/C11H13F3O2/c12-11(13,14)6-8-16-10-3-1-9(2-4-10)5-7-15/h1-4,15H,5-8H2. The molecule has 1 N–H and O–H groups in total. The summed E-state index contributed by atoms with van der Waals surface area (Å²) in [5, 5.41) is 8.66. The lowest BCUT2D eigenvalue weighted by atomic mass is 10.1. The van der Waals surface area contributed by atoms with Crippen molar-refractivity contribution in [2.24, 2.45) is 0 Å². The van der Waals surface area contributed by atoms with Gasteiger partial charge in [-0.15, -0.1) is 0 Å². The number of alkyl halides is 3. The van der Waals surface area contributed by atoms with Crippen LogP contribution >= 0.6 is 0 Å². The van der Waals surface area contributed by atoms with Crippen LogP contribution in [0.2, 0.25) is 0 Å². The molecule has 16 heavy (non-hydrogen) atoms. The number of ether oxygens (including phenoxy) is 1. The van der Waals surface area contributed by atoms with E-state index in [0.29, 0.717) is 12.2 Å². The molecule has 0 bridgehead atoms. The first-order chi connectivity index (χ1) is 7.51. The van der Waals surface area contributed by atoms with Gasteiger partial charge in [-0.1, -0.05) is 12.1 Å². The Kier molecular flexibility index (Phi) is 4.61. The van der Waals surface area contributed by atoms with E-state index in [4.69, 9.17) is 9.84 Å². The Hall–Kier alpha value is -1.23. The van der Waals surface area contributed by atoms with E-state index in [1.165, 1.54) is 0 Å². The molecular weight excluding hydrogens is 221 g/mol. The maximum Gasteiger partial charge on any atom is 0.392 e. The van der Waals surface area contributed by atoms with Crippen molar-refractivity contribution < 1.29 is 23.0 Å². The van der Waals surface area contributed by atoms with Gasteiger partial charge in [0.1, 0.15) is 5.75 Å². The van der Waals surface area contributed by atoms with E-state index >= 15 is 0 Å². The van der Waals surface area contributed by atoms with Gasteiger partial charge in [0, 0.05) is 6.61 Å². The number of aliphatic hydroxyl groups excluding tert-OH is 1. The molecule has 0 saturated heterocycles. The molecule has 0 atom stereocenters. The first-order valence-corrected chi connectivity index (χ1v) is 4.90. The molecule has 0 aromatic heterocycles. The fourth-order valence-electron chi connectivity index (χ4n) is 1.17. The summed E-state index contributed by atoms with van der Waals surface area (Å²) in [6.07, 6.45) is -4.61. The zero-order valence-electron chi connectivity index (χ0n) is 8.63. The number of rotatable bonds is 5. The Labute approximate surface area is 91.7 Å². The lowest BCUT2D eigenvalue weighted by molar-refractivity contribution is -0.139. The first kappa shape index (κ1) is 12.8. The van der Waals surface area contributed by atoms with Crippen molar-refractivity contribution in [1.82, 2.24) is 0 Å². The molecule has 0 saturated carbocycles. The second-order valence-corrected chi connectivity index (χ2v) is 3.33. The Morgan fingerprint density at radius 2 is 1.75 bits per heavy atom. The summed E-state index contributed by atoms with van der Waals surface area (Å²) in [6, 6.07) is 6.64. The summed E-state index contributed by atoms with van der Waals surface area (Å²) in [6.45, 7) is -0.322. The minimum absolute atomic E-state index is 0.0499. The van der Waals surface area contributed by atoms with E-state index < -0.39 is 12.6 Å². The number of benzene rings is 1. The van der Waals surface area contributed by atoms with Gasteiger partial charge in [-0.2, -0.15) is 13.2 Å². The summed E-state index contributed by atoms with van der Waals surface area (Å²) in [5.41, 5.74) is 0.922.